The minimum atomic E-state index is -4.78. The van der Waals surface area contributed by atoms with E-state index in [0.29, 0.717) is 0 Å². The van der Waals surface area contributed by atoms with Crippen molar-refractivity contribution in [1.29, 1.82) is 0 Å². The lowest BCUT2D eigenvalue weighted by Crippen LogP contribution is -2.16. The van der Waals surface area contributed by atoms with Crippen molar-refractivity contribution in [2.75, 3.05) is 7.11 Å². The van der Waals surface area contributed by atoms with Gasteiger partial charge < -0.3 is 4.74 Å². The van der Waals surface area contributed by atoms with Gasteiger partial charge in [-0.25, -0.2) is 18.2 Å². The van der Waals surface area contributed by atoms with E-state index in [0.717, 1.165) is 16.8 Å². The number of benzene rings is 2. The molecule has 2 N–H and O–H groups in total. The Kier molecular flexibility index (Phi) is 5.56. The van der Waals surface area contributed by atoms with Crippen molar-refractivity contribution < 1.29 is 26.3 Å². The molecule has 1 heterocycles. The maximum Gasteiger partial charge on any atom is 0.435 e. The maximum atomic E-state index is 13.3. The third kappa shape index (κ3) is 4.20. The van der Waals surface area contributed by atoms with Gasteiger partial charge in [-0.1, -0.05) is 35.3 Å². The van der Waals surface area contributed by atoms with E-state index in [9.17, 15) is 21.6 Å². The third-order valence-electron chi connectivity index (χ3n) is 3.90. The first-order valence-electron chi connectivity index (χ1n) is 7.76. The van der Waals surface area contributed by atoms with Gasteiger partial charge in [0.25, 0.3) is 0 Å². The Balaban J connectivity index is 2.35. The average molecular weight is 466 g/mol. The molecule has 3 rings (SSSR count). The quantitative estimate of drug-likeness (QED) is 0.613. The maximum absolute atomic E-state index is 13.3. The van der Waals surface area contributed by atoms with Crippen molar-refractivity contribution >= 4 is 33.2 Å². The summed E-state index contributed by atoms with van der Waals surface area (Å²) in [4.78, 5) is -0.399. The molecule has 3 aromatic rings. The van der Waals surface area contributed by atoms with Gasteiger partial charge in [0.1, 0.15) is 4.90 Å². The molecule has 0 saturated carbocycles. The van der Waals surface area contributed by atoms with Crippen LogP contribution in [0.1, 0.15) is 5.69 Å². The van der Waals surface area contributed by atoms with E-state index >= 15 is 0 Å². The number of aromatic nitrogens is 2. The number of alkyl halides is 3. The van der Waals surface area contributed by atoms with Gasteiger partial charge in [-0.15, -0.1) is 0 Å². The molecule has 12 heteroatoms. The molecule has 0 atom stereocenters. The summed E-state index contributed by atoms with van der Waals surface area (Å²) in [6.45, 7) is 0. The van der Waals surface area contributed by atoms with Crippen LogP contribution in [0.15, 0.2) is 47.4 Å². The normalized spacial score (nSPS) is 12.2. The highest BCUT2D eigenvalue weighted by Crippen LogP contribution is 2.40. The summed E-state index contributed by atoms with van der Waals surface area (Å²) in [5.41, 5.74) is -1.34. The highest BCUT2D eigenvalue weighted by atomic mass is 35.5. The van der Waals surface area contributed by atoms with Crippen LogP contribution in [-0.2, 0) is 16.2 Å². The number of halogens is 5. The van der Waals surface area contributed by atoms with Gasteiger partial charge in [-0.05, 0) is 30.3 Å². The van der Waals surface area contributed by atoms with E-state index in [1.807, 2.05) is 0 Å². The summed E-state index contributed by atoms with van der Waals surface area (Å²) in [5.74, 6) is 0.143. The van der Waals surface area contributed by atoms with Crippen molar-refractivity contribution in [2.24, 2.45) is 5.14 Å². The van der Waals surface area contributed by atoms with Crippen molar-refractivity contribution in [3.8, 4) is 22.7 Å². The number of nitrogens with zero attached hydrogens (tertiary/aromatic N) is 2. The van der Waals surface area contributed by atoms with Crippen LogP contribution in [0.2, 0.25) is 10.0 Å². The number of methoxy groups -OCH3 is 1. The van der Waals surface area contributed by atoms with Crippen molar-refractivity contribution in [3.63, 3.8) is 0 Å². The summed E-state index contributed by atoms with van der Waals surface area (Å²) >= 11 is 12.2. The van der Waals surface area contributed by atoms with E-state index in [2.05, 4.69) is 5.10 Å². The number of para-hydroxylation sites is 1. The number of primary sulfonamides is 1. The number of hydrogen-bond acceptors (Lipinski definition) is 4. The molecule has 0 spiro atoms. The predicted molar refractivity (Wildman–Crippen MR) is 102 cm³/mol. The van der Waals surface area contributed by atoms with Gasteiger partial charge in [0.05, 0.1) is 28.5 Å². The van der Waals surface area contributed by atoms with Crippen molar-refractivity contribution in [1.82, 2.24) is 9.78 Å². The largest absolute Gasteiger partial charge is 0.494 e. The lowest BCUT2D eigenvalue weighted by atomic mass is 10.1. The van der Waals surface area contributed by atoms with Crippen LogP contribution in [0.3, 0.4) is 0 Å². The van der Waals surface area contributed by atoms with E-state index in [-0.39, 0.29) is 32.7 Å². The molecule has 154 valence electrons. The predicted octanol–water partition coefficient (Wildman–Crippen LogP) is 4.52. The van der Waals surface area contributed by atoms with Gasteiger partial charge in [0.15, 0.2) is 11.4 Å². The number of sulfonamides is 1. The lowest BCUT2D eigenvalue weighted by Gasteiger charge is -2.13. The molecular formula is C17H12Cl2F3N3O3S. The molecular weight excluding hydrogens is 454 g/mol. The molecule has 0 amide bonds. The second-order valence-electron chi connectivity index (χ2n) is 5.81. The molecule has 0 fully saturated rings. The van der Waals surface area contributed by atoms with E-state index in [1.54, 1.807) is 0 Å². The fraction of sp³-hybridized carbons (Fsp3) is 0.118. The molecule has 1 aromatic heterocycles. The molecule has 0 bridgehead atoms. The Morgan fingerprint density at radius 3 is 2.21 bits per heavy atom. The van der Waals surface area contributed by atoms with Crippen molar-refractivity contribution in [3.05, 3.63) is 58.2 Å². The van der Waals surface area contributed by atoms with Crippen LogP contribution in [0.25, 0.3) is 16.9 Å². The summed E-state index contributed by atoms with van der Waals surface area (Å²) in [6, 6.07) is 8.70. The second-order valence-corrected chi connectivity index (χ2v) is 8.15. The SMILES string of the molecule is COc1c(Cl)cc(-c2cc(C(F)(F)F)nn2-c2ccccc2S(N)(=O)=O)cc1Cl. The Morgan fingerprint density at radius 1 is 1.10 bits per heavy atom. The number of rotatable bonds is 4. The highest BCUT2D eigenvalue weighted by molar-refractivity contribution is 7.89. The van der Waals surface area contributed by atoms with Crippen LogP contribution >= 0.6 is 23.2 Å². The summed E-state index contributed by atoms with van der Waals surface area (Å²) < 4.78 is 69.7. The zero-order valence-corrected chi connectivity index (χ0v) is 16.9. The topological polar surface area (TPSA) is 87.2 Å². The number of hydrogen-bond donors (Lipinski definition) is 1. The number of nitrogens with two attached hydrogens (primary N) is 1. The van der Waals surface area contributed by atoms with E-state index < -0.39 is 26.8 Å². The zero-order valence-electron chi connectivity index (χ0n) is 14.5. The molecule has 29 heavy (non-hydrogen) atoms. The smallest absolute Gasteiger partial charge is 0.435 e. The van der Waals surface area contributed by atoms with Gasteiger partial charge in [0.2, 0.25) is 10.0 Å². The molecule has 0 unspecified atom stereocenters. The minimum absolute atomic E-state index is 0.0519. The Morgan fingerprint density at radius 2 is 1.69 bits per heavy atom. The standard InChI is InChI=1S/C17H12Cl2F3N3O3S/c1-28-16-10(18)6-9(7-11(16)19)13-8-15(17(20,21)22)24-25(13)12-4-2-3-5-14(12)29(23,26)27/h2-8H,1H3,(H2,23,26,27). The molecule has 2 aromatic carbocycles. The Bertz CT molecular complexity index is 1170. The van der Waals surface area contributed by atoms with Crippen LogP contribution < -0.4 is 9.88 Å². The second kappa shape index (κ2) is 7.52. The van der Waals surface area contributed by atoms with Crippen LogP contribution in [0, 0.1) is 0 Å². The van der Waals surface area contributed by atoms with Crippen LogP contribution in [-0.4, -0.2) is 25.3 Å². The van der Waals surface area contributed by atoms with Gasteiger partial charge >= 0.3 is 6.18 Å². The summed E-state index contributed by atoms with van der Waals surface area (Å²) in [7, 11) is -2.91. The first-order valence-corrected chi connectivity index (χ1v) is 10.1. The van der Waals surface area contributed by atoms with Crippen molar-refractivity contribution in [2.45, 2.75) is 11.1 Å². The molecule has 6 nitrogen and oxygen atoms in total. The zero-order chi connectivity index (χ0) is 21.6. The summed E-state index contributed by atoms with van der Waals surface area (Å²) in [5, 5.41) is 8.87. The average Bonchev–Trinajstić information content (AvgIpc) is 3.06. The lowest BCUT2D eigenvalue weighted by molar-refractivity contribution is -0.141. The fourth-order valence-electron chi connectivity index (χ4n) is 2.68. The monoisotopic (exact) mass is 465 g/mol. The van der Waals surface area contributed by atoms with Crippen LogP contribution in [0.4, 0.5) is 13.2 Å². The first-order chi connectivity index (χ1) is 13.4. The molecule has 0 aliphatic heterocycles. The third-order valence-corrected chi connectivity index (χ3v) is 5.42. The molecule has 0 aliphatic carbocycles. The Labute approximate surface area is 173 Å². The first kappa shape index (κ1) is 21.4. The molecule has 0 aliphatic rings. The van der Waals surface area contributed by atoms with Gasteiger partial charge in [0, 0.05) is 5.56 Å². The number of ether oxygens (including phenoxy) is 1. The van der Waals surface area contributed by atoms with E-state index in [1.165, 1.54) is 37.4 Å². The summed E-state index contributed by atoms with van der Waals surface area (Å²) in [6.07, 6.45) is -4.78. The van der Waals surface area contributed by atoms with Gasteiger partial charge in [-0.2, -0.15) is 18.3 Å². The minimum Gasteiger partial charge on any atom is -0.494 e. The molecule has 0 radical (unpaired) electrons. The fourth-order valence-corrected chi connectivity index (χ4v) is 4.04. The molecule has 0 saturated heterocycles. The van der Waals surface area contributed by atoms with Crippen LogP contribution in [0.5, 0.6) is 5.75 Å². The van der Waals surface area contributed by atoms with Gasteiger partial charge in [-0.3, -0.25) is 0 Å². The highest BCUT2D eigenvalue weighted by Gasteiger charge is 2.36. The van der Waals surface area contributed by atoms with E-state index in [4.69, 9.17) is 33.1 Å². The Hall–Kier alpha value is -2.27.